The molecule has 2 atom stereocenters. The first-order valence-corrected chi connectivity index (χ1v) is 7.40. The van der Waals surface area contributed by atoms with Crippen molar-refractivity contribution in [2.45, 2.75) is 32.4 Å². The zero-order valence-electron chi connectivity index (χ0n) is 11.3. The van der Waals surface area contributed by atoms with Gasteiger partial charge < -0.3 is 10.4 Å². The Bertz CT molecular complexity index is 498. The minimum Gasteiger partial charge on any atom is -0.395 e. The second kappa shape index (κ2) is 6.80. The molecule has 2 N–H and O–H groups in total. The van der Waals surface area contributed by atoms with E-state index in [2.05, 4.69) is 34.7 Å². The number of nitrogens with one attached hydrogen (secondary N) is 1. The van der Waals surface area contributed by atoms with Crippen molar-refractivity contribution in [3.05, 3.63) is 52.0 Å². The van der Waals surface area contributed by atoms with Gasteiger partial charge in [0.15, 0.2) is 0 Å². The molecule has 0 fully saturated rings. The molecule has 1 heterocycles. The molecule has 1 aromatic heterocycles. The van der Waals surface area contributed by atoms with Crippen molar-refractivity contribution in [2.24, 2.45) is 0 Å². The maximum absolute atomic E-state index is 9.51. The van der Waals surface area contributed by atoms with Crippen LogP contribution in [0.2, 0.25) is 0 Å². The minimum atomic E-state index is 0.0550. The van der Waals surface area contributed by atoms with Gasteiger partial charge in [-0.05, 0) is 25.8 Å². The molecule has 1 aromatic carbocycles. The monoisotopic (exact) mass is 276 g/mol. The maximum atomic E-state index is 9.51. The molecule has 3 nitrogen and oxygen atoms in total. The summed E-state index contributed by atoms with van der Waals surface area (Å²) >= 11 is 1.66. The van der Waals surface area contributed by atoms with Crippen LogP contribution in [-0.4, -0.2) is 22.7 Å². The minimum absolute atomic E-state index is 0.0550. The highest BCUT2D eigenvalue weighted by Crippen LogP contribution is 2.17. The van der Waals surface area contributed by atoms with Crippen LogP contribution in [0.25, 0.3) is 0 Å². The molecular weight excluding hydrogens is 256 g/mol. The molecule has 0 aliphatic carbocycles. The molecule has 2 aromatic rings. The van der Waals surface area contributed by atoms with E-state index in [1.54, 1.807) is 11.3 Å². The number of aromatic nitrogens is 1. The Morgan fingerprint density at radius 1 is 1.32 bits per heavy atom. The fourth-order valence-corrected chi connectivity index (χ4v) is 2.80. The van der Waals surface area contributed by atoms with Crippen molar-refractivity contribution in [3.63, 3.8) is 0 Å². The van der Waals surface area contributed by atoms with Crippen LogP contribution in [0.3, 0.4) is 0 Å². The van der Waals surface area contributed by atoms with Crippen molar-refractivity contribution in [1.29, 1.82) is 0 Å². The molecule has 0 spiro atoms. The zero-order chi connectivity index (χ0) is 13.7. The number of aliphatic hydroxyl groups excluding tert-OH is 1. The van der Waals surface area contributed by atoms with Crippen molar-refractivity contribution in [2.75, 3.05) is 6.61 Å². The summed E-state index contributed by atoms with van der Waals surface area (Å²) in [6, 6.07) is 10.4. The van der Waals surface area contributed by atoms with Crippen molar-refractivity contribution in [1.82, 2.24) is 10.3 Å². The highest BCUT2D eigenvalue weighted by Gasteiger charge is 2.15. The van der Waals surface area contributed by atoms with E-state index in [9.17, 15) is 5.11 Å². The van der Waals surface area contributed by atoms with E-state index < -0.39 is 0 Å². The molecule has 0 bridgehead atoms. The van der Waals surface area contributed by atoms with Crippen LogP contribution in [0.5, 0.6) is 0 Å². The fraction of sp³-hybridized carbons (Fsp3) is 0.400. The van der Waals surface area contributed by atoms with E-state index in [0.29, 0.717) is 0 Å². The van der Waals surface area contributed by atoms with Gasteiger partial charge in [0.2, 0.25) is 0 Å². The molecule has 2 rings (SSSR count). The highest BCUT2D eigenvalue weighted by atomic mass is 32.1. The average molecular weight is 276 g/mol. The van der Waals surface area contributed by atoms with Crippen molar-refractivity contribution >= 4 is 11.3 Å². The molecule has 19 heavy (non-hydrogen) atoms. The zero-order valence-corrected chi connectivity index (χ0v) is 12.2. The molecule has 0 aliphatic rings. The van der Waals surface area contributed by atoms with E-state index in [0.717, 1.165) is 17.1 Å². The van der Waals surface area contributed by atoms with Gasteiger partial charge in [0.1, 0.15) is 0 Å². The molecule has 0 amide bonds. The average Bonchev–Trinajstić information content (AvgIpc) is 2.86. The third-order valence-corrected chi connectivity index (χ3v) is 3.90. The number of hydrogen-bond donors (Lipinski definition) is 2. The number of nitrogens with zero attached hydrogens (tertiary/aromatic N) is 1. The van der Waals surface area contributed by atoms with Gasteiger partial charge in [-0.15, -0.1) is 11.3 Å². The van der Waals surface area contributed by atoms with Crippen LogP contribution in [0, 0.1) is 6.92 Å². The number of benzene rings is 1. The summed E-state index contributed by atoms with van der Waals surface area (Å²) in [6.45, 7) is 4.22. The Balaban J connectivity index is 1.95. The smallest absolute Gasteiger partial charge is 0.0898 e. The van der Waals surface area contributed by atoms with E-state index in [4.69, 9.17) is 0 Å². The fourth-order valence-electron chi connectivity index (χ4n) is 2.09. The first-order valence-electron chi connectivity index (χ1n) is 6.52. The van der Waals surface area contributed by atoms with Crippen LogP contribution in [-0.2, 0) is 6.42 Å². The van der Waals surface area contributed by atoms with Crippen molar-refractivity contribution in [3.8, 4) is 0 Å². The van der Waals surface area contributed by atoms with Gasteiger partial charge in [-0.1, -0.05) is 30.3 Å². The lowest BCUT2D eigenvalue weighted by Gasteiger charge is -2.20. The molecule has 0 saturated heterocycles. The summed E-state index contributed by atoms with van der Waals surface area (Å²) < 4.78 is 0. The summed E-state index contributed by atoms with van der Waals surface area (Å²) in [4.78, 5) is 4.48. The third kappa shape index (κ3) is 4.13. The second-order valence-corrected chi connectivity index (χ2v) is 5.81. The first kappa shape index (κ1) is 14.2. The Labute approximate surface area is 118 Å². The number of aryl methyl sites for hydroxylation is 1. The number of rotatable bonds is 6. The van der Waals surface area contributed by atoms with E-state index >= 15 is 0 Å². The van der Waals surface area contributed by atoms with Gasteiger partial charge in [-0.2, -0.15) is 0 Å². The maximum Gasteiger partial charge on any atom is 0.0898 e. The lowest BCUT2D eigenvalue weighted by Crippen LogP contribution is -2.36. The Kier molecular flexibility index (Phi) is 5.07. The van der Waals surface area contributed by atoms with Crippen LogP contribution >= 0.6 is 11.3 Å². The van der Waals surface area contributed by atoms with Crippen LogP contribution < -0.4 is 5.32 Å². The van der Waals surface area contributed by atoms with Crippen molar-refractivity contribution < 1.29 is 5.11 Å². The summed E-state index contributed by atoms with van der Waals surface area (Å²) in [7, 11) is 0. The molecule has 0 radical (unpaired) electrons. The molecule has 1 unspecified atom stereocenters. The quantitative estimate of drug-likeness (QED) is 0.852. The number of aliphatic hydroxyl groups is 1. The summed E-state index contributed by atoms with van der Waals surface area (Å²) in [5.74, 6) is 0. The van der Waals surface area contributed by atoms with Crippen LogP contribution in [0.4, 0.5) is 0 Å². The Hall–Kier alpha value is -1.23. The molecule has 0 aliphatic heterocycles. The van der Waals surface area contributed by atoms with E-state index in [1.165, 1.54) is 5.56 Å². The van der Waals surface area contributed by atoms with Crippen LogP contribution in [0.15, 0.2) is 35.7 Å². The van der Waals surface area contributed by atoms with Gasteiger partial charge in [-0.25, -0.2) is 4.98 Å². The number of thiazole rings is 1. The van der Waals surface area contributed by atoms with Gasteiger partial charge in [0.05, 0.1) is 17.3 Å². The second-order valence-electron chi connectivity index (χ2n) is 4.75. The van der Waals surface area contributed by atoms with E-state index in [1.807, 2.05) is 25.1 Å². The molecule has 4 heteroatoms. The third-order valence-electron chi connectivity index (χ3n) is 3.11. The summed E-state index contributed by atoms with van der Waals surface area (Å²) in [5.41, 5.74) is 2.28. The largest absolute Gasteiger partial charge is 0.395 e. The summed E-state index contributed by atoms with van der Waals surface area (Å²) in [6.07, 6.45) is 0.824. The lowest BCUT2D eigenvalue weighted by molar-refractivity contribution is 0.232. The molecule has 0 saturated carbocycles. The van der Waals surface area contributed by atoms with Gasteiger partial charge >= 0.3 is 0 Å². The number of hydrogen-bond acceptors (Lipinski definition) is 4. The predicted molar refractivity (Wildman–Crippen MR) is 79.4 cm³/mol. The normalized spacial score (nSPS) is 14.3. The molecule has 102 valence electrons. The molecular formula is C15H20N2OS. The SMILES string of the molecule is Cc1nc(C(C)N[C@H](CO)Cc2ccccc2)cs1. The lowest BCUT2D eigenvalue weighted by atomic mass is 10.1. The Morgan fingerprint density at radius 2 is 2.05 bits per heavy atom. The first-order chi connectivity index (χ1) is 9.19. The highest BCUT2D eigenvalue weighted by molar-refractivity contribution is 7.09. The Morgan fingerprint density at radius 3 is 2.63 bits per heavy atom. The van der Waals surface area contributed by atoms with Gasteiger partial charge in [-0.3, -0.25) is 0 Å². The predicted octanol–water partition coefficient (Wildman–Crippen LogP) is 2.71. The summed E-state index contributed by atoms with van der Waals surface area (Å²) in [5, 5.41) is 16.1. The topological polar surface area (TPSA) is 45.2 Å². The van der Waals surface area contributed by atoms with Gasteiger partial charge in [0.25, 0.3) is 0 Å². The standard InChI is InChI=1S/C15H20N2OS/c1-11(15-10-19-12(2)17-15)16-14(9-18)8-13-6-4-3-5-7-13/h3-7,10-11,14,16,18H,8-9H2,1-2H3/t11?,14-/m0/s1. The van der Waals surface area contributed by atoms with Crippen LogP contribution in [0.1, 0.15) is 29.2 Å². The van der Waals surface area contributed by atoms with E-state index in [-0.39, 0.29) is 18.7 Å². The van der Waals surface area contributed by atoms with Gasteiger partial charge in [0, 0.05) is 17.5 Å².